The Bertz CT molecular complexity index is 978. The van der Waals surface area contributed by atoms with Gasteiger partial charge in [-0.2, -0.15) is 4.98 Å². The summed E-state index contributed by atoms with van der Waals surface area (Å²) in [6, 6.07) is 8.67. The molecule has 2 aromatic heterocycles. The van der Waals surface area contributed by atoms with Crippen molar-refractivity contribution in [1.29, 1.82) is 0 Å². The minimum absolute atomic E-state index is 0.141. The molecule has 0 amide bonds. The van der Waals surface area contributed by atoms with E-state index in [1.807, 2.05) is 0 Å². The number of rotatable bonds is 5. The molecule has 0 radical (unpaired) electrons. The van der Waals surface area contributed by atoms with Crippen molar-refractivity contribution in [1.82, 2.24) is 19.6 Å². The summed E-state index contributed by atoms with van der Waals surface area (Å²) in [5.74, 6) is 2.38. The Labute approximate surface area is 163 Å². The number of Topliss-reactive ketones (excluding diaryl/α,β-unsaturated/α-hetero) is 1. The van der Waals surface area contributed by atoms with E-state index in [0.29, 0.717) is 23.7 Å². The first kappa shape index (κ1) is 18.2. The molecule has 3 aromatic rings. The average molecular weight is 381 g/mol. The van der Waals surface area contributed by atoms with Crippen LogP contribution in [0.1, 0.15) is 72.6 Å². The zero-order valence-corrected chi connectivity index (χ0v) is 16.8. The summed E-state index contributed by atoms with van der Waals surface area (Å²) in [5, 5.41) is 5.17. The second-order valence-corrected chi connectivity index (χ2v) is 8.50. The standard InChI is InChI=1S/C21H24N4OS/c1-4-9-27-21-23-20-22-18-10-16(11-19(26)17(18)12-25(20)24-21)15-7-5-14(6-8-15)13(2)3/h5-8,12-13,16H,4,9-11H2,1-3H3/t16-/m0/s1. The quantitative estimate of drug-likeness (QED) is 0.602. The van der Waals surface area contributed by atoms with E-state index in [1.165, 1.54) is 11.1 Å². The molecular weight excluding hydrogens is 356 g/mol. The molecular formula is C21H24N4OS. The lowest BCUT2D eigenvalue weighted by Gasteiger charge is -2.23. The van der Waals surface area contributed by atoms with Crippen LogP contribution in [0.3, 0.4) is 0 Å². The van der Waals surface area contributed by atoms with Crippen molar-refractivity contribution in [3.05, 3.63) is 52.8 Å². The molecule has 0 bridgehead atoms. The van der Waals surface area contributed by atoms with E-state index in [1.54, 1.807) is 22.5 Å². The molecule has 1 aliphatic carbocycles. The summed E-state index contributed by atoms with van der Waals surface area (Å²) in [7, 11) is 0. The van der Waals surface area contributed by atoms with Gasteiger partial charge < -0.3 is 0 Å². The summed E-state index contributed by atoms with van der Waals surface area (Å²) < 4.78 is 1.65. The number of ketones is 1. The first-order chi connectivity index (χ1) is 13.0. The predicted molar refractivity (Wildman–Crippen MR) is 108 cm³/mol. The van der Waals surface area contributed by atoms with Crippen LogP contribution in [0.5, 0.6) is 0 Å². The van der Waals surface area contributed by atoms with Gasteiger partial charge in [-0.25, -0.2) is 9.50 Å². The largest absolute Gasteiger partial charge is 0.294 e. The Kier molecular flexibility index (Phi) is 5.00. The van der Waals surface area contributed by atoms with Gasteiger partial charge in [-0.15, -0.1) is 5.10 Å². The lowest BCUT2D eigenvalue weighted by atomic mass is 9.81. The molecule has 27 heavy (non-hydrogen) atoms. The van der Waals surface area contributed by atoms with Crippen molar-refractivity contribution in [2.75, 3.05) is 5.75 Å². The third kappa shape index (κ3) is 3.63. The molecule has 0 saturated carbocycles. The van der Waals surface area contributed by atoms with Crippen LogP contribution in [0.4, 0.5) is 0 Å². The van der Waals surface area contributed by atoms with Crippen LogP contribution in [-0.2, 0) is 6.42 Å². The first-order valence-electron chi connectivity index (χ1n) is 9.57. The Morgan fingerprint density at radius 1 is 1.19 bits per heavy atom. The van der Waals surface area contributed by atoms with E-state index >= 15 is 0 Å². The van der Waals surface area contributed by atoms with Gasteiger partial charge in [-0.3, -0.25) is 4.79 Å². The van der Waals surface area contributed by atoms with Crippen LogP contribution in [0, 0.1) is 0 Å². The second kappa shape index (κ2) is 7.43. The molecule has 0 fully saturated rings. The predicted octanol–water partition coefficient (Wildman–Crippen LogP) is 4.66. The van der Waals surface area contributed by atoms with Crippen LogP contribution < -0.4 is 0 Å². The van der Waals surface area contributed by atoms with E-state index in [-0.39, 0.29) is 11.7 Å². The minimum Gasteiger partial charge on any atom is -0.294 e. The molecule has 4 rings (SSSR count). The molecule has 0 spiro atoms. The third-order valence-corrected chi connectivity index (χ3v) is 6.12. The number of carbonyl (C=O) groups is 1. The van der Waals surface area contributed by atoms with Gasteiger partial charge in [0, 0.05) is 18.4 Å². The van der Waals surface area contributed by atoms with Crippen molar-refractivity contribution >= 4 is 23.3 Å². The summed E-state index contributed by atoms with van der Waals surface area (Å²) >= 11 is 1.62. The van der Waals surface area contributed by atoms with Crippen LogP contribution in [0.2, 0.25) is 0 Å². The molecule has 0 unspecified atom stereocenters. The molecule has 2 heterocycles. The van der Waals surface area contributed by atoms with Crippen molar-refractivity contribution in [2.24, 2.45) is 0 Å². The van der Waals surface area contributed by atoms with E-state index < -0.39 is 0 Å². The number of thioether (sulfide) groups is 1. The van der Waals surface area contributed by atoms with Crippen LogP contribution >= 0.6 is 11.8 Å². The van der Waals surface area contributed by atoms with E-state index in [0.717, 1.165) is 29.4 Å². The van der Waals surface area contributed by atoms with Crippen molar-refractivity contribution < 1.29 is 4.79 Å². The smallest absolute Gasteiger partial charge is 0.253 e. The van der Waals surface area contributed by atoms with E-state index in [4.69, 9.17) is 0 Å². The molecule has 140 valence electrons. The zero-order chi connectivity index (χ0) is 19.0. The molecule has 1 atom stereocenters. The number of carbonyl (C=O) groups excluding carboxylic acids is 1. The molecule has 6 heteroatoms. The molecule has 0 aliphatic heterocycles. The Hall–Kier alpha value is -2.21. The van der Waals surface area contributed by atoms with Gasteiger partial charge in [0.25, 0.3) is 5.78 Å². The van der Waals surface area contributed by atoms with Gasteiger partial charge in [0.1, 0.15) is 0 Å². The number of hydrogen-bond donors (Lipinski definition) is 0. The fourth-order valence-corrected chi connectivity index (χ4v) is 4.19. The van der Waals surface area contributed by atoms with Gasteiger partial charge in [-0.1, -0.05) is 56.8 Å². The Morgan fingerprint density at radius 3 is 2.67 bits per heavy atom. The monoisotopic (exact) mass is 380 g/mol. The Morgan fingerprint density at radius 2 is 1.96 bits per heavy atom. The molecule has 0 saturated heterocycles. The number of nitrogens with zero attached hydrogens (tertiary/aromatic N) is 4. The van der Waals surface area contributed by atoms with Gasteiger partial charge >= 0.3 is 0 Å². The number of aromatic nitrogens is 4. The molecule has 5 nitrogen and oxygen atoms in total. The van der Waals surface area contributed by atoms with Crippen molar-refractivity contribution in [2.45, 2.75) is 57.0 Å². The summed E-state index contributed by atoms with van der Waals surface area (Å²) in [4.78, 5) is 21.9. The lowest BCUT2D eigenvalue weighted by molar-refractivity contribution is 0.0962. The maximum atomic E-state index is 12.8. The number of hydrogen-bond acceptors (Lipinski definition) is 5. The third-order valence-electron chi connectivity index (χ3n) is 5.07. The zero-order valence-electron chi connectivity index (χ0n) is 16.0. The number of fused-ring (bicyclic) bond motifs is 2. The van der Waals surface area contributed by atoms with Gasteiger partial charge in [-0.05, 0) is 35.8 Å². The van der Waals surface area contributed by atoms with Gasteiger partial charge in [0.2, 0.25) is 5.16 Å². The summed E-state index contributed by atoms with van der Waals surface area (Å²) in [6.45, 7) is 6.51. The van der Waals surface area contributed by atoms with E-state index in [9.17, 15) is 4.79 Å². The van der Waals surface area contributed by atoms with Gasteiger partial charge in [0.05, 0.1) is 11.3 Å². The topological polar surface area (TPSA) is 60.1 Å². The highest BCUT2D eigenvalue weighted by molar-refractivity contribution is 7.99. The van der Waals surface area contributed by atoms with Crippen molar-refractivity contribution in [3.8, 4) is 0 Å². The minimum atomic E-state index is 0.141. The maximum absolute atomic E-state index is 12.8. The van der Waals surface area contributed by atoms with Crippen molar-refractivity contribution in [3.63, 3.8) is 0 Å². The van der Waals surface area contributed by atoms with Crippen LogP contribution in [0.15, 0.2) is 35.6 Å². The maximum Gasteiger partial charge on any atom is 0.253 e. The highest BCUT2D eigenvalue weighted by atomic mass is 32.2. The highest BCUT2D eigenvalue weighted by Gasteiger charge is 2.28. The molecule has 1 aromatic carbocycles. The van der Waals surface area contributed by atoms with E-state index in [2.05, 4.69) is 60.1 Å². The van der Waals surface area contributed by atoms with Crippen LogP contribution in [0.25, 0.3) is 5.78 Å². The molecule has 0 N–H and O–H groups in total. The highest BCUT2D eigenvalue weighted by Crippen LogP contribution is 2.32. The van der Waals surface area contributed by atoms with Gasteiger partial charge in [0.15, 0.2) is 5.78 Å². The second-order valence-electron chi connectivity index (χ2n) is 7.44. The Balaban J connectivity index is 1.63. The summed E-state index contributed by atoms with van der Waals surface area (Å²) in [5.41, 5.74) is 4.06. The summed E-state index contributed by atoms with van der Waals surface area (Å²) in [6.07, 6.45) is 4.16. The number of benzene rings is 1. The SMILES string of the molecule is CCCSc1nc2nc3c(cn2n1)C(=O)C[C@@H](c1ccc(C(C)C)cc1)C3. The fraction of sp³-hybridized carbons (Fsp3) is 0.429. The molecule has 1 aliphatic rings. The first-order valence-corrected chi connectivity index (χ1v) is 10.6. The average Bonchev–Trinajstić information content (AvgIpc) is 3.06. The fourth-order valence-electron chi connectivity index (χ4n) is 3.51. The normalized spacial score (nSPS) is 16.9. The van der Waals surface area contributed by atoms with Crippen LogP contribution in [-0.4, -0.2) is 31.1 Å². The lowest BCUT2D eigenvalue weighted by Crippen LogP contribution is -2.21.